The van der Waals surface area contributed by atoms with Gasteiger partial charge >= 0.3 is 0 Å². The van der Waals surface area contributed by atoms with Gasteiger partial charge in [-0.3, -0.25) is 0 Å². The van der Waals surface area contributed by atoms with Crippen LogP contribution in [0.1, 0.15) is 30.0 Å². The van der Waals surface area contributed by atoms with E-state index in [4.69, 9.17) is 9.72 Å². The van der Waals surface area contributed by atoms with Gasteiger partial charge in [0.05, 0.1) is 10.7 Å². The molecule has 0 unspecified atom stereocenters. The zero-order valence-corrected chi connectivity index (χ0v) is 18.8. The molecule has 0 aliphatic rings. The van der Waals surface area contributed by atoms with E-state index in [2.05, 4.69) is 64.6 Å². The third kappa shape index (κ3) is 4.77. The highest BCUT2D eigenvalue weighted by atomic mass is 79.9. The minimum Gasteiger partial charge on any atom is -0.385 e. The zero-order chi connectivity index (χ0) is 20.8. The molecule has 2 aromatic heterocycles. The van der Waals surface area contributed by atoms with Gasteiger partial charge in [-0.2, -0.15) is 5.10 Å². The van der Waals surface area contributed by atoms with Gasteiger partial charge in [-0.1, -0.05) is 36.9 Å². The van der Waals surface area contributed by atoms with E-state index in [-0.39, 0.29) is 0 Å². The first-order valence-electron chi connectivity index (χ1n) is 9.77. The Labute approximate surface area is 180 Å². The molecule has 0 bridgehead atoms. The van der Waals surface area contributed by atoms with Gasteiger partial charge in [-0.05, 0) is 59.0 Å². The molecule has 0 aliphatic heterocycles. The summed E-state index contributed by atoms with van der Waals surface area (Å²) in [7, 11) is 1.73. The van der Waals surface area contributed by atoms with E-state index in [9.17, 15) is 0 Å². The lowest BCUT2D eigenvalue weighted by Crippen LogP contribution is -2.26. The quantitative estimate of drug-likeness (QED) is 0.321. The molecule has 152 valence electrons. The first kappa shape index (κ1) is 21.3. The monoisotopic (exact) mass is 454 g/mol. The van der Waals surface area contributed by atoms with Crippen molar-refractivity contribution in [3.05, 3.63) is 70.5 Å². The smallest absolute Gasteiger partial charge is 0.165 e. The van der Waals surface area contributed by atoms with Crippen molar-refractivity contribution in [1.82, 2.24) is 14.6 Å². The average molecular weight is 455 g/mol. The Morgan fingerprint density at radius 2 is 2.14 bits per heavy atom. The Morgan fingerprint density at radius 1 is 1.34 bits per heavy atom. The molecule has 0 atom stereocenters. The van der Waals surface area contributed by atoms with Crippen molar-refractivity contribution in [2.45, 2.75) is 20.3 Å². The summed E-state index contributed by atoms with van der Waals surface area (Å²) in [5.41, 5.74) is 5.15. The second-order valence-corrected chi connectivity index (χ2v) is 7.68. The highest BCUT2D eigenvalue weighted by Crippen LogP contribution is 2.29. The van der Waals surface area contributed by atoms with Gasteiger partial charge in [0.2, 0.25) is 0 Å². The Bertz CT molecular complexity index is 1020. The summed E-state index contributed by atoms with van der Waals surface area (Å²) < 4.78 is 7.93. The summed E-state index contributed by atoms with van der Waals surface area (Å²) in [4.78, 5) is 7.22. The number of methoxy groups -OCH3 is 1. The molecule has 0 saturated heterocycles. The number of ether oxygens (including phenoxy) is 1. The molecule has 0 spiro atoms. The number of aromatic nitrogens is 3. The highest BCUT2D eigenvalue weighted by Gasteiger charge is 2.16. The zero-order valence-electron chi connectivity index (χ0n) is 17.2. The number of hydrogen-bond acceptors (Lipinski definition) is 4. The SMILES string of the molecule is C=C/C(=C\c1ccccc1C)c1cnn2cc(Br)c(N(CC)CCCOC)nc12. The Kier molecular flexibility index (Phi) is 7.23. The molecule has 0 amide bonds. The van der Waals surface area contributed by atoms with E-state index in [0.717, 1.165) is 58.8 Å². The van der Waals surface area contributed by atoms with Crippen LogP contribution in [0, 0.1) is 6.92 Å². The van der Waals surface area contributed by atoms with Gasteiger partial charge in [0, 0.05) is 38.6 Å². The summed E-state index contributed by atoms with van der Waals surface area (Å²) >= 11 is 3.66. The van der Waals surface area contributed by atoms with Crippen molar-refractivity contribution in [3.63, 3.8) is 0 Å². The van der Waals surface area contributed by atoms with E-state index in [0.29, 0.717) is 0 Å². The number of aryl methyl sites for hydroxylation is 1. The molecule has 0 N–H and O–H groups in total. The minimum absolute atomic E-state index is 0.730. The number of allylic oxidation sites excluding steroid dienone is 2. The van der Waals surface area contributed by atoms with Crippen LogP contribution in [-0.2, 0) is 4.74 Å². The van der Waals surface area contributed by atoms with Crippen LogP contribution in [0.15, 0.2) is 53.8 Å². The van der Waals surface area contributed by atoms with Gasteiger partial charge in [0.1, 0.15) is 5.82 Å². The number of fused-ring (bicyclic) bond motifs is 1. The Morgan fingerprint density at radius 3 is 2.83 bits per heavy atom. The molecule has 29 heavy (non-hydrogen) atoms. The molecule has 0 radical (unpaired) electrons. The molecule has 2 heterocycles. The van der Waals surface area contributed by atoms with E-state index in [1.54, 1.807) is 11.6 Å². The fraction of sp³-hybridized carbons (Fsp3) is 0.304. The molecule has 0 saturated carbocycles. The first-order valence-corrected chi connectivity index (χ1v) is 10.6. The summed E-state index contributed by atoms with van der Waals surface area (Å²) in [5, 5.41) is 4.51. The van der Waals surface area contributed by atoms with Crippen LogP contribution in [0.2, 0.25) is 0 Å². The van der Waals surface area contributed by atoms with Crippen LogP contribution >= 0.6 is 15.9 Å². The van der Waals surface area contributed by atoms with Crippen molar-refractivity contribution in [1.29, 1.82) is 0 Å². The lowest BCUT2D eigenvalue weighted by atomic mass is 10.0. The third-order valence-electron chi connectivity index (χ3n) is 4.92. The lowest BCUT2D eigenvalue weighted by molar-refractivity contribution is 0.196. The topological polar surface area (TPSA) is 42.7 Å². The van der Waals surface area contributed by atoms with E-state index in [1.807, 2.05) is 30.6 Å². The third-order valence-corrected chi connectivity index (χ3v) is 5.48. The number of anilines is 1. The van der Waals surface area contributed by atoms with Crippen LogP contribution in [-0.4, -0.2) is 41.4 Å². The minimum atomic E-state index is 0.730. The summed E-state index contributed by atoms with van der Waals surface area (Å²) in [5.74, 6) is 0.914. The number of rotatable bonds is 9. The van der Waals surface area contributed by atoms with Crippen LogP contribution in [0.5, 0.6) is 0 Å². The van der Waals surface area contributed by atoms with Gasteiger partial charge in [0.25, 0.3) is 0 Å². The van der Waals surface area contributed by atoms with Crippen molar-refractivity contribution in [3.8, 4) is 0 Å². The number of nitrogens with zero attached hydrogens (tertiary/aromatic N) is 4. The predicted molar refractivity (Wildman–Crippen MR) is 124 cm³/mol. The molecule has 0 aliphatic carbocycles. The molecular weight excluding hydrogens is 428 g/mol. The van der Waals surface area contributed by atoms with Crippen molar-refractivity contribution in [2.75, 3.05) is 31.7 Å². The summed E-state index contributed by atoms with van der Waals surface area (Å²) in [6, 6.07) is 8.30. The fourth-order valence-corrected chi connectivity index (χ4v) is 3.82. The Hall–Kier alpha value is -2.44. The first-order chi connectivity index (χ1) is 14.1. The number of hydrogen-bond donors (Lipinski definition) is 0. The summed E-state index contributed by atoms with van der Waals surface area (Å²) in [6.45, 7) is 10.7. The maximum Gasteiger partial charge on any atom is 0.165 e. The Balaban J connectivity index is 2.05. The van der Waals surface area contributed by atoms with Crippen molar-refractivity contribution >= 4 is 39.0 Å². The maximum absolute atomic E-state index is 5.20. The van der Waals surface area contributed by atoms with Gasteiger partial charge in [-0.25, -0.2) is 9.50 Å². The largest absolute Gasteiger partial charge is 0.385 e. The normalized spacial score (nSPS) is 11.8. The predicted octanol–water partition coefficient (Wildman–Crippen LogP) is 5.39. The van der Waals surface area contributed by atoms with Crippen LogP contribution in [0.25, 0.3) is 17.3 Å². The van der Waals surface area contributed by atoms with E-state index in [1.165, 1.54) is 5.56 Å². The van der Waals surface area contributed by atoms with Crippen molar-refractivity contribution < 1.29 is 4.74 Å². The van der Waals surface area contributed by atoms with E-state index < -0.39 is 0 Å². The van der Waals surface area contributed by atoms with Gasteiger partial charge in [-0.15, -0.1) is 0 Å². The van der Waals surface area contributed by atoms with Gasteiger partial charge < -0.3 is 9.64 Å². The lowest BCUT2D eigenvalue weighted by Gasteiger charge is -2.23. The molecule has 5 nitrogen and oxygen atoms in total. The molecule has 3 rings (SSSR count). The fourth-order valence-electron chi connectivity index (χ4n) is 3.28. The molecular formula is C23H27BrN4O. The van der Waals surface area contributed by atoms with Crippen LogP contribution in [0.3, 0.4) is 0 Å². The summed E-state index contributed by atoms with van der Waals surface area (Å²) in [6.07, 6.45) is 8.77. The number of halogens is 1. The standard InChI is InChI=1S/C23H27BrN4O/c1-5-18(14-19-11-8-7-10-17(19)3)20-15-25-28-16-21(24)23(26-22(20)28)27(6-2)12-9-13-29-4/h5,7-8,10-11,14-16H,1,6,9,12-13H2,2-4H3/b18-14+. The van der Waals surface area contributed by atoms with Gasteiger partial charge in [0.15, 0.2) is 5.65 Å². The average Bonchev–Trinajstić information content (AvgIpc) is 3.13. The molecule has 6 heteroatoms. The highest BCUT2D eigenvalue weighted by molar-refractivity contribution is 9.10. The maximum atomic E-state index is 5.20. The number of benzene rings is 1. The second kappa shape index (κ2) is 9.85. The van der Waals surface area contributed by atoms with Crippen molar-refractivity contribution in [2.24, 2.45) is 0 Å². The second-order valence-electron chi connectivity index (χ2n) is 6.83. The van der Waals surface area contributed by atoms with E-state index >= 15 is 0 Å². The molecule has 1 aromatic carbocycles. The van der Waals surface area contributed by atoms with Crippen LogP contribution in [0.4, 0.5) is 5.82 Å². The molecule has 0 fully saturated rings. The molecule has 3 aromatic rings. The van der Waals surface area contributed by atoms with Crippen LogP contribution < -0.4 is 4.90 Å².